The summed E-state index contributed by atoms with van der Waals surface area (Å²) in [4.78, 5) is 11.7. The van der Waals surface area contributed by atoms with Crippen LogP contribution in [-0.2, 0) is 6.54 Å². The van der Waals surface area contributed by atoms with Gasteiger partial charge in [-0.05, 0) is 25.5 Å². The minimum Gasteiger partial charge on any atom is -0.394 e. The van der Waals surface area contributed by atoms with Gasteiger partial charge in [0.1, 0.15) is 0 Å². The van der Waals surface area contributed by atoms with Crippen molar-refractivity contribution in [3.05, 3.63) is 24.5 Å². The SMILES string of the molecule is CCCC(C)(CO)NC(=O)NCCn1cccc1. The molecule has 0 aliphatic carbocycles. The Morgan fingerprint density at radius 3 is 2.61 bits per heavy atom. The fourth-order valence-corrected chi connectivity index (χ4v) is 1.87. The summed E-state index contributed by atoms with van der Waals surface area (Å²) in [5.74, 6) is 0. The smallest absolute Gasteiger partial charge is 0.315 e. The number of carbonyl (C=O) groups is 1. The summed E-state index contributed by atoms with van der Waals surface area (Å²) in [6, 6.07) is 3.67. The maximum atomic E-state index is 11.7. The number of carbonyl (C=O) groups excluding carboxylic acids is 1. The lowest BCUT2D eigenvalue weighted by molar-refractivity contribution is 0.163. The van der Waals surface area contributed by atoms with Crippen molar-refractivity contribution < 1.29 is 9.90 Å². The summed E-state index contributed by atoms with van der Waals surface area (Å²) < 4.78 is 2.00. The zero-order valence-corrected chi connectivity index (χ0v) is 11.1. The van der Waals surface area contributed by atoms with Gasteiger partial charge in [0, 0.05) is 25.5 Å². The molecule has 0 radical (unpaired) electrons. The number of nitrogens with one attached hydrogen (secondary N) is 2. The maximum absolute atomic E-state index is 11.7. The highest BCUT2D eigenvalue weighted by Gasteiger charge is 2.23. The van der Waals surface area contributed by atoms with Crippen LogP contribution in [0.4, 0.5) is 4.79 Å². The molecule has 0 saturated carbocycles. The van der Waals surface area contributed by atoms with Crippen molar-refractivity contribution in [3.8, 4) is 0 Å². The summed E-state index contributed by atoms with van der Waals surface area (Å²) >= 11 is 0. The van der Waals surface area contributed by atoms with E-state index in [4.69, 9.17) is 0 Å². The number of aromatic nitrogens is 1. The summed E-state index contributed by atoms with van der Waals surface area (Å²) in [5.41, 5.74) is -0.535. The Morgan fingerprint density at radius 1 is 1.39 bits per heavy atom. The van der Waals surface area contributed by atoms with Gasteiger partial charge < -0.3 is 20.3 Å². The number of rotatable bonds is 7. The average Bonchev–Trinajstić information content (AvgIpc) is 2.82. The number of hydrogen-bond acceptors (Lipinski definition) is 2. The predicted molar refractivity (Wildman–Crippen MR) is 71.4 cm³/mol. The van der Waals surface area contributed by atoms with E-state index in [-0.39, 0.29) is 12.6 Å². The van der Waals surface area contributed by atoms with Crippen molar-refractivity contribution in [2.75, 3.05) is 13.2 Å². The van der Waals surface area contributed by atoms with E-state index in [1.54, 1.807) is 0 Å². The molecule has 1 aromatic heterocycles. The van der Waals surface area contributed by atoms with Crippen molar-refractivity contribution in [2.45, 2.75) is 38.8 Å². The third-order valence-electron chi connectivity index (χ3n) is 2.89. The Morgan fingerprint density at radius 2 is 2.06 bits per heavy atom. The molecule has 0 saturated heterocycles. The molecule has 1 unspecified atom stereocenters. The molecule has 1 atom stereocenters. The normalized spacial score (nSPS) is 13.9. The highest BCUT2D eigenvalue weighted by Crippen LogP contribution is 2.10. The number of aliphatic hydroxyl groups is 1. The fourth-order valence-electron chi connectivity index (χ4n) is 1.87. The zero-order valence-electron chi connectivity index (χ0n) is 11.1. The quantitative estimate of drug-likeness (QED) is 0.686. The Labute approximate surface area is 108 Å². The molecule has 5 nitrogen and oxygen atoms in total. The van der Waals surface area contributed by atoms with E-state index < -0.39 is 5.54 Å². The van der Waals surface area contributed by atoms with Crippen molar-refractivity contribution in [2.24, 2.45) is 0 Å². The third kappa shape index (κ3) is 4.79. The van der Waals surface area contributed by atoms with E-state index in [1.807, 2.05) is 42.9 Å². The Balaban J connectivity index is 2.28. The van der Waals surface area contributed by atoms with Crippen molar-refractivity contribution in [1.82, 2.24) is 15.2 Å². The highest BCUT2D eigenvalue weighted by atomic mass is 16.3. The molecule has 1 rings (SSSR count). The molecule has 0 aliphatic rings. The van der Waals surface area contributed by atoms with Crippen LogP contribution in [0, 0.1) is 0 Å². The van der Waals surface area contributed by atoms with Crippen LogP contribution in [0.15, 0.2) is 24.5 Å². The molecule has 2 amide bonds. The first-order chi connectivity index (χ1) is 8.59. The van der Waals surface area contributed by atoms with E-state index in [2.05, 4.69) is 10.6 Å². The number of aliphatic hydroxyl groups excluding tert-OH is 1. The standard InChI is InChI=1S/C13H23N3O2/c1-3-6-13(2,11-17)15-12(18)14-7-10-16-8-4-5-9-16/h4-5,8-9,17H,3,6-7,10-11H2,1-2H3,(H2,14,15,18). The molecule has 18 heavy (non-hydrogen) atoms. The molecular formula is C13H23N3O2. The van der Waals surface area contributed by atoms with E-state index in [0.717, 1.165) is 19.4 Å². The molecule has 0 bridgehead atoms. The topological polar surface area (TPSA) is 66.3 Å². The summed E-state index contributed by atoms with van der Waals surface area (Å²) in [5, 5.41) is 14.9. The largest absolute Gasteiger partial charge is 0.394 e. The second kappa shape index (κ2) is 7.06. The molecule has 5 heteroatoms. The predicted octanol–water partition coefficient (Wildman–Crippen LogP) is 1.34. The zero-order chi connectivity index (χ0) is 13.4. The molecule has 1 heterocycles. The van der Waals surface area contributed by atoms with Gasteiger partial charge >= 0.3 is 6.03 Å². The van der Waals surface area contributed by atoms with Crippen LogP contribution in [-0.4, -0.2) is 34.4 Å². The second-order valence-corrected chi connectivity index (χ2v) is 4.77. The summed E-state index contributed by atoms with van der Waals surface area (Å²) in [7, 11) is 0. The average molecular weight is 253 g/mol. The maximum Gasteiger partial charge on any atom is 0.315 e. The summed E-state index contributed by atoms with van der Waals surface area (Å²) in [6.07, 6.45) is 5.58. The number of nitrogens with zero attached hydrogens (tertiary/aromatic N) is 1. The van der Waals surface area contributed by atoms with Crippen molar-refractivity contribution in [1.29, 1.82) is 0 Å². The highest BCUT2D eigenvalue weighted by molar-refractivity contribution is 5.74. The first-order valence-corrected chi connectivity index (χ1v) is 6.37. The Kier molecular flexibility index (Phi) is 5.71. The Hall–Kier alpha value is -1.49. The van der Waals surface area contributed by atoms with Gasteiger partial charge in [-0.15, -0.1) is 0 Å². The molecule has 3 N–H and O–H groups in total. The molecule has 0 fully saturated rings. The van der Waals surface area contributed by atoms with Gasteiger partial charge in [-0.1, -0.05) is 13.3 Å². The Bertz CT molecular complexity index is 351. The van der Waals surface area contributed by atoms with Crippen LogP contribution in [0.1, 0.15) is 26.7 Å². The van der Waals surface area contributed by atoms with Crippen LogP contribution in [0.2, 0.25) is 0 Å². The molecule has 0 spiro atoms. The molecule has 0 aromatic carbocycles. The molecular weight excluding hydrogens is 230 g/mol. The minimum absolute atomic E-state index is 0.0497. The lowest BCUT2D eigenvalue weighted by Gasteiger charge is -2.28. The number of hydrogen-bond donors (Lipinski definition) is 3. The fraction of sp³-hybridized carbons (Fsp3) is 0.615. The van der Waals surface area contributed by atoms with Gasteiger partial charge in [-0.2, -0.15) is 0 Å². The van der Waals surface area contributed by atoms with E-state index in [9.17, 15) is 9.90 Å². The lowest BCUT2D eigenvalue weighted by atomic mass is 9.98. The molecule has 102 valence electrons. The molecule has 1 aromatic rings. The van der Waals surface area contributed by atoms with Crippen LogP contribution < -0.4 is 10.6 Å². The van der Waals surface area contributed by atoms with Gasteiger partial charge in [0.15, 0.2) is 0 Å². The van der Waals surface area contributed by atoms with E-state index in [0.29, 0.717) is 6.54 Å². The monoisotopic (exact) mass is 253 g/mol. The van der Waals surface area contributed by atoms with E-state index >= 15 is 0 Å². The van der Waals surface area contributed by atoms with E-state index in [1.165, 1.54) is 0 Å². The van der Waals surface area contributed by atoms with Crippen LogP contribution in [0.5, 0.6) is 0 Å². The van der Waals surface area contributed by atoms with Gasteiger partial charge in [0.2, 0.25) is 0 Å². The van der Waals surface area contributed by atoms with Crippen LogP contribution in [0.25, 0.3) is 0 Å². The van der Waals surface area contributed by atoms with Gasteiger partial charge in [-0.25, -0.2) is 4.79 Å². The van der Waals surface area contributed by atoms with Crippen molar-refractivity contribution >= 4 is 6.03 Å². The number of amides is 2. The van der Waals surface area contributed by atoms with Crippen molar-refractivity contribution in [3.63, 3.8) is 0 Å². The van der Waals surface area contributed by atoms with Gasteiger partial charge in [0.05, 0.1) is 12.1 Å². The first kappa shape index (κ1) is 14.6. The van der Waals surface area contributed by atoms with Crippen LogP contribution >= 0.6 is 0 Å². The first-order valence-electron chi connectivity index (χ1n) is 6.37. The lowest BCUT2D eigenvalue weighted by Crippen LogP contribution is -2.52. The molecule has 0 aliphatic heterocycles. The number of urea groups is 1. The second-order valence-electron chi connectivity index (χ2n) is 4.77. The van der Waals surface area contributed by atoms with Gasteiger partial charge in [-0.3, -0.25) is 0 Å². The van der Waals surface area contributed by atoms with Crippen LogP contribution in [0.3, 0.4) is 0 Å². The third-order valence-corrected chi connectivity index (χ3v) is 2.89. The summed E-state index contributed by atoms with van der Waals surface area (Å²) in [6.45, 7) is 5.13. The van der Waals surface area contributed by atoms with Gasteiger partial charge in [0.25, 0.3) is 0 Å². The minimum atomic E-state index is -0.535.